The van der Waals surface area contributed by atoms with Gasteiger partial charge in [0.15, 0.2) is 11.0 Å². The molecule has 1 amide bonds. The molecule has 2 aromatic carbocycles. The van der Waals surface area contributed by atoms with E-state index in [1.165, 1.54) is 11.8 Å². The molecule has 134 valence electrons. The van der Waals surface area contributed by atoms with Crippen LogP contribution in [0.15, 0.2) is 53.7 Å². The second-order valence-corrected chi connectivity index (χ2v) is 6.48. The molecule has 3 rings (SSSR count). The molecule has 0 saturated carbocycles. The first-order valence-electron chi connectivity index (χ1n) is 7.79. The first kappa shape index (κ1) is 18.3. The van der Waals surface area contributed by atoms with E-state index in [0.717, 1.165) is 5.69 Å². The van der Waals surface area contributed by atoms with Crippen molar-refractivity contribution >= 4 is 29.3 Å². The van der Waals surface area contributed by atoms with E-state index in [-0.39, 0.29) is 12.5 Å². The maximum atomic E-state index is 12.4. The molecule has 0 bridgehead atoms. The van der Waals surface area contributed by atoms with Gasteiger partial charge in [0.25, 0.3) is 5.91 Å². The number of ether oxygens (including phenoxy) is 1. The van der Waals surface area contributed by atoms with Crippen LogP contribution in [0.2, 0.25) is 5.02 Å². The number of aromatic nitrogens is 3. The third-order valence-electron chi connectivity index (χ3n) is 3.74. The summed E-state index contributed by atoms with van der Waals surface area (Å²) in [4.78, 5) is 12.4. The minimum atomic E-state index is -0.202. The van der Waals surface area contributed by atoms with Gasteiger partial charge in [-0.05, 0) is 42.7 Å². The molecule has 0 radical (unpaired) electrons. The fraction of sp³-hybridized carbons (Fsp3) is 0.167. The number of rotatable bonds is 6. The Balaban J connectivity index is 1.81. The molecule has 0 unspecified atom stereocenters. The molecule has 0 aliphatic heterocycles. The average Bonchev–Trinajstić information content (AvgIpc) is 3.09. The minimum Gasteiger partial charge on any atom is -0.497 e. The van der Waals surface area contributed by atoms with Crippen LogP contribution in [0.1, 0.15) is 16.2 Å². The number of amides is 1. The number of benzene rings is 2. The van der Waals surface area contributed by atoms with Gasteiger partial charge >= 0.3 is 0 Å². The maximum Gasteiger partial charge on any atom is 0.251 e. The number of thioether (sulfide) groups is 1. The van der Waals surface area contributed by atoms with Crippen LogP contribution in [-0.2, 0) is 6.54 Å². The normalized spacial score (nSPS) is 10.6. The number of carbonyl (C=O) groups excluding carboxylic acids is 1. The van der Waals surface area contributed by atoms with Gasteiger partial charge in [0.1, 0.15) is 5.75 Å². The van der Waals surface area contributed by atoms with E-state index in [4.69, 9.17) is 16.3 Å². The topological polar surface area (TPSA) is 69.0 Å². The van der Waals surface area contributed by atoms with E-state index in [9.17, 15) is 4.79 Å². The minimum absolute atomic E-state index is 0.202. The number of para-hydroxylation sites is 1. The Morgan fingerprint density at radius 3 is 2.58 bits per heavy atom. The van der Waals surface area contributed by atoms with Crippen molar-refractivity contribution in [1.82, 2.24) is 20.1 Å². The Labute approximate surface area is 160 Å². The predicted molar refractivity (Wildman–Crippen MR) is 102 cm³/mol. The number of carbonyl (C=O) groups is 1. The van der Waals surface area contributed by atoms with Gasteiger partial charge in [0, 0.05) is 5.56 Å². The SMILES string of the molecule is COc1ccc(C(=O)NCc2nnc(SC)n2-c2ccccc2Cl)cc1. The highest BCUT2D eigenvalue weighted by Gasteiger charge is 2.16. The van der Waals surface area contributed by atoms with Crippen molar-refractivity contribution in [2.45, 2.75) is 11.7 Å². The Morgan fingerprint density at radius 1 is 1.19 bits per heavy atom. The summed E-state index contributed by atoms with van der Waals surface area (Å²) in [6.07, 6.45) is 1.91. The summed E-state index contributed by atoms with van der Waals surface area (Å²) in [5.41, 5.74) is 1.32. The molecule has 6 nitrogen and oxygen atoms in total. The first-order valence-corrected chi connectivity index (χ1v) is 9.39. The zero-order valence-electron chi connectivity index (χ0n) is 14.3. The Bertz CT molecular complexity index is 912. The fourth-order valence-corrected chi connectivity index (χ4v) is 3.15. The van der Waals surface area contributed by atoms with Gasteiger partial charge in [-0.3, -0.25) is 9.36 Å². The molecule has 8 heteroatoms. The second-order valence-electron chi connectivity index (χ2n) is 5.30. The molecule has 0 spiro atoms. The van der Waals surface area contributed by atoms with E-state index in [0.29, 0.717) is 27.3 Å². The summed E-state index contributed by atoms with van der Waals surface area (Å²) in [5.74, 6) is 1.10. The van der Waals surface area contributed by atoms with Crippen molar-refractivity contribution in [2.24, 2.45) is 0 Å². The van der Waals surface area contributed by atoms with Crippen LogP contribution in [0.25, 0.3) is 5.69 Å². The first-order chi connectivity index (χ1) is 12.6. The quantitative estimate of drug-likeness (QED) is 0.653. The maximum absolute atomic E-state index is 12.4. The highest BCUT2D eigenvalue weighted by atomic mass is 35.5. The van der Waals surface area contributed by atoms with Gasteiger partial charge in [-0.25, -0.2) is 0 Å². The highest BCUT2D eigenvalue weighted by molar-refractivity contribution is 7.98. The molecule has 0 atom stereocenters. The summed E-state index contributed by atoms with van der Waals surface area (Å²) in [6, 6.07) is 14.4. The van der Waals surface area contributed by atoms with Crippen LogP contribution in [0.4, 0.5) is 0 Å². The van der Waals surface area contributed by atoms with Gasteiger partial charge in [-0.15, -0.1) is 10.2 Å². The van der Waals surface area contributed by atoms with Gasteiger partial charge < -0.3 is 10.1 Å². The summed E-state index contributed by atoms with van der Waals surface area (Å²) in [6.45, 7) is 0.226. The third kappa shape index (κ3) is 3.84. The second kappa shape index (κ2) is 8.25. The van der Waals surface area contributed by atoms with Crippen LogP contribution in [0.5, 0.6) is 5.75 Å². The van der Waals surface area contributed by atoms with Crippen molar-refractivity contribution < 1.29 is 9.53 Å². The van der Waals surface area contributed by atoms with Gasteiger partial charge in [-0.1, -0.05) is 35.5 Å². The van der Waals surface area contributed by atoms with E-state index >= 15 is 0 Å². The van der Waals surface area contributed by atoms with Crippen molar-refractivity contribution in [3.05, 3.63) is 64.9 Å². The lowest BCUT2D eigenvalue weighted by Crippen LogP contribution is -2.24. The standard InChI is InChI=1S/C18H17ClN4O2S/c1-25-13-9-7-12(8-10-13)17(24)20-11-16-21-22-18(26-2)23(16)15-6-4-3-5-14(15)19/h3-10H,11H2,1-2H3,(H,20,24). The van der Waals surface area contributed by atoms with Gasteiger partial charge in [-0.2, -0.15) is 0 Å². The van der Waals surface area contributed by atoms with Gasteiger partial charge in [0.05, 0.1) is 24.4 Å². The average molecular weight is 389 g/mol. The zero-order chi connectivity index (χ0) is 18.5. The summed E-state index contributed by atoms with van der Waals surface area (Å²) in [5, 5.41) is 12.5. The van der Waals surface area contributed by atoms with Crippen LogP contribution >= 0.6 is 23.4 Å². The van der Waals surface area contributed by atoms with Crippen molar-refractivity contribution in [3.63, 3.8) is 0 Å². The molecule has 0 aliphatic carbocycles. The molecule has 1 N–H and O–H groups in total. The number of hydrogen-bond donors (Lipinski definition) is 1. The molecule has 0 saturated heterocycles. The highest BCUT2D eigenvalue weighted by Crippen LogP contribution is 2.26. The lowest BCUT2D eigenvalue weighted by atomic mass is 10.2. The van der Waals surface area contributed by atoms with E-state index in [1.807, 2.05) is 29.0 Å². The lowest BCUT2D eigenvalue weighted by molar-refractivity contribution is 0.0949. The van der Waals surface area contributed by atoms with Crippen LogP contribution < -0.4 is 10.1 Å². The van der Waals surface area contributed by atoms with E-state index in [1.54, 1.807) is 37.4 Å². The molecule has 1 aromatic heterocycles. The van der Waals surface area contributed by atoms with E-state index in [2.05, 4.69) is 15.5 Å². The van der Waals surface area contributed by atoms with Crippen LogP contribution in [0.3, 0.4) is 0 Å². The monoisotopic (exact) mass is 388 g/mol. The van der Waals surface area contributed by atoms with Crippen LogP contribution in [-0.4, -0.2) is 34.0 Å². The third-order valence-corrected chi connectivity index (χ3v) is 4.68. The Hall–Kier alpha value is -2.51. The number of nitrogens with zero attached hydrogens (tertiary/aromatic N) is 3. The van der Waals surface area contributed by atoms with Crippen LogP contribution in [0, 0.1) is 0 Å². The summed E-state index contributed by atoms with van der Waals surface area (Å²) >= 11 is 7.78. The lowest BCUT2D eigenvalue weighted by Gasteiger charge is -2.11. The molecular formula is C18H17ClN4O2S. The predicted octanol–water partition coefficient (Wildman–Crippen LogP) is 3.58. The molecular weight excluding hydrogens is 372 g/mol. The molecule has 0 fully saturated rings. The number of methoxy groups -OCH3 is 1. The van der Waals surface area contributed by atoms with Gasteiger partial charge in [0.2, 0.25) is 0 Å². The van der Waals surface area contributed by atoms with E-state index < -0.39 is 0 Å². The fourth-order valence-electron chi connectivity index (χ4n) is 2.43. The van der Waals surface area contributed by atoms with Crippen molar-refractivity contribution in [3.8, 4) is 11.4 Å². The molecule has 1 heterocycles. The smallest absolute Gasteiger partial charge is 0.251 e. The van der Waals surface area contributed by atoms with Crippen molar-refractivity contribution in [1.29, 1.82) is 0 Å². The molecule has 3 aromatic rings. The molecule has 0 aliphatic rings. The zero-order valence-corrected chi connectivity index (χ0v) is 15.8. The Morgan fingerprint density at radius 2 is 1.92 bits per heavy atom. The molecule has 26 heavy (non-hydrogen) atoms. The Kier molecular flexibility index (Phi) is 5.80. The number of halogens is 1. The number of hydrogen-bond acceptors (Lipinski definition) is 5. The van der Waals surface area contributed by atoms with Crippen molar-refractivity contribution in [2.75, 3.05) is 13.4 Å². The summed E-state index contributed by atoms with van der Waals surface area (Å²) in [7, 11) is 1.58. The largest absolute Gasteiger partial charge is 0.497 e. The summed E-state index contributed by atoms with van der Waals surface area (Å²) < 4.78 is 6.95. The number of nitrogens with one attached hydrogen (secondary N) is 1.